The van der Waals surface area contributed by atoms with Gasteiger partial charge in [-0.15, -0.1) is 0 Å². The van der Waals surface area contributed by atoms with Gasteiger partial charge in [0.2, 0.25) is 5.91 Å². The molecule has 32 heavy (non-hydrogen) atoms. The molecule has 0 saturated heterocycles. The maximum atomic E-state index is 12.1. The molecule has 0 spiro atoms. The normalized spacial score (nSPS) is 33.0. The summed E-state index contributed by atoms with van der Waals surface area (Å²) in [6.07, 6.45) is 15.0. The molecule has 2 atom stereocenters. The standard InChI is InChI=1S/C27H40N2O3/c1-25-14-21-15-26(2,17-25)19-27(16-21,18-25)29-12-6-4-5-11-28-24(31)10-8-20-7-9-22(30)23(13-20)32-3/h7-10,13,21,29-30H,4-6,11-12,14-19H2,1-3H3,(H,28,31)/b10-8+. The highest BCUT2D eigenvalue weighted by Crippen LogP contribution is 2.66. The minimum Gasteiger partial charge on any atom is -0.504 e. The zero-order valence-corrected chi connectivity index (χ0v) is 20.0. The first-order valence-corrected chi connectivity index (χ1v) is 12.3. The second kappa shape index (κ2) is 9.09. The van der Waals surface area contributed by atoms with Gasteiger partial charge in [0.25, 0.3) is 0 Å². The second-order valence-corrected chi connectivity index (χ2v) is 11.5. The van der Waals surface area contributed by atoms with Crippen LogP contribution in [0, 0.1) is 16.7 Å². The van der Waals surface area contributed by atoms with Gasteiger partial charge in [0, 0.05) is 18.2 Å². The molecule has 4 fully saturated rings. The summed E-state index contributed by atoms with van der Waals surface area (Å²) in [5.74, 6) is 1.33. The van der Waals surface area contributed by atoms with E-state index in [1.165, 1.54) is 58.1 Å². The Morgan fingerprint density at radius 1 is 1.09 bits per heavy atom. The number of aromatic hydroxyl groups is 1. The van der Waals surface area contributed by atoms with Gasteiger partial charge in [0.1, 0.15) is 0 Å². The number of phenolic OH excluding ortho intramolecular Hbond substituents is 1. The Kier molecular flexibility index (Phi) is 6.58. The molecule has 5 rings (SSSR count). The third-order valence-corrected chi connectivity index (χ3v) is 7.91. The number of carbonyl (C=O) groups excluding carboxylic acids is 1. The van der Waals surface area contributed by atoms with Crippen LogP contribution in [-0.2, 0) is 4.79 Å². The number of unbranched alkanes of at least 4 members (excludes halogenated alkanes) is 2. The highest BCUT2D eigenvalue weighted by molar-refractivity contribution is 5.91. The average Bonchev–Trinajstić information content (AvgIpc) is 2.69. The molecule has 4 aliphatic rings. The van der Waals surface area contributed by atoms with Gasteiger partial charge in [-0.3, -0.25) is 4.79 Å². The Balaban J connectivity index is 1.12. The number of hydrogen-bond acceptors (Lipinski definition) is 4. The largest absolute Gasteiger partial charge is 0.504 e. The minimum absolute atomic E-state index is 0.0924. The van der Waals surface area contributed by atoms with Crippen molar-refractivity contribution in [3.05, 3.63) is 29.8 Å². The first kappa shape index (κ1) is 23.2. The Bertz CT molecular complexity index is 846. The number of hydrogen-bond donors (Lipinski definition) is 3. The smallest absolute Gasteiger partial charge is 0.243 e. The fourth-order valence-corrected chi connectivity index (χ4v) is 7.67. The molecule has 0 heterocycles. The summed E-state index contributed by atoms with van der Waals surface area (Å²) in [5, 5.41) is 16.6. The summed E-state index contributed by atoms with van der Waals surface area (Å²) in [6.45, 7) is 6.85. The molecule has 1 aromatic carbocycles. The highest BCUT2D eigenvalue weighted by atomic mass is 16.5. The van der Waals surface area contributed by atoms with Crippen molar-refractivity contribution in [2.45, 2.75) is 77.2 Å². The summed E-state index contributed by atoms with van der Waals surface area (Å²) < 4.78 is 5.09. The molecule has 0 aromatic heterocycles. The third-order valence-electron chi connectivity index (χ3n) is 7.91. The maximum Gasteiger partial charge on any atom is 0.243 e. The lowest BCUT2D eigenvalue weighted by Crippen LogP contribution is -2.64. The van der Waals surface area contributed by atoms with Gasteiger partial charge in [0.15, 0.2) is 11.5 Å². The van der Waals surface area contributed by atoms with Crippen molar-refractivity contribution in [1.82, 2.24) is 10.6 Å². The van der Waals surface area contributed by atoms with E-state index >= 15 is 0 Å². The lowest BCUT2D eigenvalue weighted by Gasteiger charge is -2.65. The molecule has 4 saturated carbocycles. The van der Waals surface area contributed by atoms with E-state index in [0.29, 0.717) is 28.7 Å². The molecular formula is C27H40N2O3. The lowest BCUT2D eigenvalue weighted by atomic mass is 9.43. The summed E-state index contributed by atoms with van der Waals surface area (Å²) in [5.41, 5.74) is 2.32. The van der Waals surface area contributed by atoms with Crippen LogP contribution in [0.15, 0.2) is 24.3 Å². The van der Waals surface area contributed by atoms with E-state index in [0.717, 1.165) is 30.9 Å². The Morgan fingerprint density at radius 2 is 1.81 bits per heavy atom. The highest BCUT2D eigenvalue weighted by Gasteiger charge is 2.59. The first-order chi connectivity index (χ1) is 15.2. The predicted octanol–water partition coefficient (Wildman–Crippen LogP) is 5.04. The molecule has 4 bridgehead atoms. The van der Waals surface area contributed by atoms with E-state index in [2.05, 4.69) is 24.5 Å². The van der Waals surface area contributed by atoms with Crippen molar-refractivity contribution in [3.8, 4) is 11.5 Å². The fourth-order valence-electron chi connectivity index (χ4n) is 7.67. The van der Waals surface area contributed by atoms with Crippen molar-refractivity contribution in [1.29, 1.82) is 0 Å². The zero-order chi connectivity index (χ0) is 22.8. The summed E-state index contributed by atoms with van der Waals surface area (Å²) in [7, 11) is 1.51. The number of carbonyl (C=O) groups is 1. The molecule has 2 unspecified atom stereocenters. The Morgan fingerprint density at radius 3 is 2.50 bits per heavy atom. The van der Waals surface area contributed by atoms with Gasteiger partial charge >= 0.3 is 0 Å². The van der Waals surface area contributed by atoms with Crippen LogP contribution in [0.3, 0.4) is 0 Å². The number of amides is 1. The van der Waals surface area contributed by atoms with Crippen molar-refractivity contribution in [2.24, 2.45) is 16.7 Å². The van der Waals surface area contributed by atoms with Gasteiger partial charge in [-0.05, 0) is 98.4 Å². The molecule has 0 radical (unpaired) electrons. The number of benzene rings is 1. The molecule has 3 N–H and O–H groups in total. The molecule has 4 aliphatic carbocycles. The number of rotatable bonds is 10. The van der Waals surface area contributed by atoms with Gasteiger partial charge in [-0.25, -0.2) is 0 Å². The number of phenols is 1. The third kappa shape index (κ3) is 5.31. The number of methoxy groups -OCH3 is 1. The van der Waals surface area contributed by atoms with Gasteiger partial charge in [-0.1, -0.05) is 26.3 Å². The number of nitrogens with one attached hydrogen (secondary N) is 2. The molecule has 5 heteroatoms. The van der Waals surface area contributed by atoms with Crippen molar-refractivity contribution < 1.29 is 14.6 Å². The van der Waals surface area contributed by atoms with Crippen molar-refractivity contribution in [3.63, 3.8) is 0 Å². The van der Waals surface area contributed by atoms with Crippen molar-refractivity contribution >= 4 is 12.0 Å². The van der Waals surface area contributed by atoms with Gasteiger partial charge in [-0.2, -0.15) is 0 Å². The van der Waals surface area contributed by atoms with E-state index in [4.69, 9.17) is 4.74 Å². The monoisotopic (exact) mass is 440 g/mol. The van der Waals surface area contributed by atoms with E-state index in [1.54, 1.807) is 24.3 Å². The van der Waals surface area contributed by atoms with Crippen LogP contribution in [0.25, 0.3) is 6.08 Å². The van der Waals surface area contributed by atoms with Gasteiger partial charge in [0.05, 0.1) is 7.11 Å². The molecule has 0 aliphatic heterocycles. The summed E-state index contributed by atoms with van der Waals surface area (Å²) in [4.78, 5) is 12.1. The number of ether oxygens (including phenoxy) is 1. The lowest BCUT2D eigenvalue weighted by molar-refractivity contribution is -0.117. The maximum absolute atomic E-state index is 12.1. The molecule has 5 nitrogen and oxygen atoms in total. The van der Waals surface area contributed by atoms with Crippen molar-refractivity contribution in [2.75, 3.05) is 20.2 Å². The van der Waals surface area contributed by atoms with Crippen LogP contribution in [0.4, 0.5) is 0 Å². The fraction of sp³-hybridized carbons (Fsp3) is 0.667. The minimum atomic E-state index is -0.0924. The van der Waals surface area contributed by atoms with E-state index < -0.39 is 0 Å². The first-order valence-electron chi connectivity index (χ1n) is 12.3. The molecule has 176 valence electrons. The molecule has 1 amide bonds. The van der Waals surface area contributed by atoms with Crippen LogP contribution in [0.1, 0.15) is 77.2 Å². The topological polar surface area (TPSA) is 70.6 Å². The van der Waals surface area contributed by atoms with Crippen LogP contribution in [-0.4, -0.2) is 36.8 Å². The van der Waals surface area contributed by atoms with Crippen LogP contribution in [0.2, 0.25) is 0 Å². The van der Waals surface area contributed by atoms with Gasteiger partial charge < -0.3 is 20.5 Å². The van der Waals surface area contributed by atoms with E-state index in [1.807, 2.05) is 0 Å². The summed E-state index contributed by atoms with van der Waals surface area (Å²) >= 11 is 0. The molecule has 1 aromatic rings. The average molecular weight is 441 g/mol. The van der Waals surface area contributed by atoms with E-state index in [-0.39, 0.29) is 11.7 Å². The van der Waals surface area contributed by atoms with Crippen LogP contribution in [0.5, 0.6) is 11.5 Å². The van der Waals surface area contributed by atoms with Crippen LogP contribution < -0.4 is 15.4 Å². The quantitative estimate of drug-likeness (QED) is 0.352. The SMILES string of the molecule is COc1cc(/C=C/C(=O)NCCCCCNC23CC4CC(C)(CC(C)(C4)C2)C3)ccc1O. The Hall–Kier alpha value is -2.01. The van der Waals surface area contributed by atoms with E-state index in [9.17, 15) is 9.90 Å². The molecular weight excluding hydrogens is 400 g/mol. The van der Waals surface area contributed by atoms with Crippen LogP contribution >= 0.6 is 0 Å². The Labute approximate surface area is 193 Å². The zero-order valence-electron chi connectivity index (χ0n) is 20.0. The summed E-state index contributed by atoms with van der Waals surface area (Å²) in [6, 6.07) is 5.02. The predicted molar refractivity (Wildman–Crippen MR) is 129 cm³/mol. The second-order valence-electron chi connectivity index (χ2n) is 11.5.